The van der Waals surface area contributed by atoms with Crippen LogP contribution in [-0.4, -0.2) is 23.0 Å². The largest absolute Gasteiger partial charge is 0.479 e. The van der Waals surface area contributed by atoms with Gasteiger partial charge in [0.25, 0.3) is 5.91 Å². The zero-order valence-corrected chi connectivity index (χ0v) is 12.7. The highest BCUT2D eigenvalue weighted by atomic mass is 16.4. The van der Waals surface area contributed by atoms with Crippen molar-refractivity contribution in [3.63, 3.8) is 0 Å². The number of nitrogens with two attached hydrogens (primary N) is 1. The minimum Gasteiger partial charge on any atom is -0.479 e. The number of benzene rings is 2. The van der Waals surface area contributed by atoms with Crippen LogP contribution in [-0.2, 0) is 11.3 Å². The summed E-state index contributed by atoms with van der Waals surface area (Å²) in [5.41, 5.74) is 6.46. The summed E-state index contributed by atoms with van der Waals surface area (Å²) in [7, 11) is 0. The Balaban J connectivity index is 2.18. The third-order valence-electron chi connectivity index (χ3n) is 3.31. The number of primary amides is 1. The second-order valence-corrected chi connectivity index (χ2v) is 5.07. The number of aliphatic carboxylic acids is 1. The summed E-state index contributed by atoms with van der Waals surface area (Å²) in [6, 6.07) is 13.0. The number of amides is 3. The molecule has 124 valence electrons. The van der Waals surface area contributed by atoms with E-state index >= 15 is 0 Å². The third-order valence-corrected chi connectivity index (χ3v) is 3.31. The Morgan fingerprint density at radius 1 is 1.04 bits per heavy atom. The van der Waals surface area contributed by atoms with Gasteiger partial charge >= 0.3 is 12.0 Å². The second kappa shape index (κ2) is 7.77. The Hall–Kier alpha value is -3.35. The van der Waals surface area contributed by atoms with E-state index in [0.717, 1.165) is 0 Å². The number of hydrogen-bond donors (Lipinski definition) is 4. The zero-order chi connectivity index (χ0) is 17.5. The van der Waals surface area contributed by atoms with Gasteiger partial charge in [-0.05, 0) is 23.3 Å². The highest BCUT2D eigenvalue weighted by Crippen LogP contribution is 2.16. The minimum absolute atomic E-state index is 0.169. The van der Waals surface area contributed by atoms with E-state index in [2.05, 4.69) is 10.6 Å². The van der Waals surface area contributed by atoms with Gasteiger partial charge in [-0.25, -0.2) is 9.59 Å². The van der Waals surface area contributed by atoms with Crippen LogP contribution in [0.25, 0.3) is 0 Å². The Morgan fingerprint density at radius 3 is 2.38 bits per heavy atom. The van der Waals surface area contributed by atoms with E-state index < -0.39 is 23.9 Å². The fraction of sp³-hybridized carbons (Fsp3) is 0.118. The summed E-state index contributed by atoms with van der Waals surface area (Å²) in [5.74, 6) is -1.66. The lowest BCUT2D eigenvalue weighted by molar-refractivity contribution is -0.139. The number of carboxylic acids is 1. The normalized spacial score (nSPS) is 11.3. The third kappa shape index (κ3) is 4.57. The lowest BCUT2D eigenvalue weighted by atomic mass is 10.0. The molecule has 0 saturated heterocycles. The monoisotopic (exact) mass is 327 g/mol. The van der Waals surface area contributed by atoms with Crippen LogP contribution in [0, 0.1) is 0 Å². The van der Waals surface area contributed by atoms with E-state index in [9.17, 15) is 19.5 Å². The van der Waals surface area contributed by atoms with Crippen LogP contribution in [0.15, 0.2) is 54.6 Å². The summed E-state index contributed by atoms with van der Waals surface area (Å²) in [6.45, 7) is 0.169. The van der Waals surface area contributed by atoms with Crippen molar-refractivity contribution in [3.05, 3.63) is 71.3 Å². The number of hydrogen-bond acceptors (Lipinski definition) is 3. The molecule has 5 N–H and O–H groups in total. The van der Waals surface area contributed by atoms with E-state index in [-0.39, 0.29) is 6.54 Å². The quantitative estimate of drug-likeness (QED) is 0.641. The fourth-order valence-corrected chi connectivity index (χ4v) is 2.16. The molecule has 1 atom stereocenters. The molecule has 0 fully saturated rings. The molecule has 0 aromatic heterocycles. The van der Waals surface area contributed by atoms with Crippen molar-refractivity contribution >= 4 is 17.9 Å². The predicted molar refractivity (Wildman–Crippen MR) is 87.2 cm³/mol. The standard InChI is InChI=1S/C17H17N3O4/c18-17(24)19-10-11-5-4-8-13(9-11)14(16(22)23)20-15(21)12-6-2-1-3-7-12/h1-9,14H,10H2,(H,20,21)(H,22,23)(H3,18,19,24). The van der Waals surface area contributed by atoms with Gasteiger partial charge in [-0.15, -0.1) is 0 Å². The van der Waals surface area contributed by atoms with Crippen molar-refractivity contribution in [1.82, 2.24) is 10.6 Å². The molecule has 2 rings (SSSR count). The van der Waals surface area contributed by atoms with Crippen LogP contribution in [0.4, 0.5) is 4.79 Å². The maximum Gasteiger partial charge on any atom is 0.330 e. The first kappa shape index (κ1) is 17.0. The van der Waals surface area contributed by atoms with Crippen molar-refractivity contribution in [2.45, 2.75) is 12.6 Å². The molecule has 7 nitrogen and oxygen atoms in total. The highest BCUT2D eigenvalue weighted by molar-refractivity contribution is 5.96. The van der Waals surface area contributed by atoms with Crippen molar-refractivity contribution in [3.8, 4) is 0 Å². The van der Waals surface area contributed by atoms with E-state index in [1.807, 2.05) is 0 Å². The van der Waals surface area contributed by atoms with Gasteiger partial charge in [-0.3, -0.25) is 4.79 Å². The van der Waals surface area contributed by atoms with Gasteiger partial charge in [-0.1, -0.05) is 42.5 Å². The zero-order valence-electron chi connectivity index (χ0n) is 12.7. The van der Waals surface area contributed by atoms with Crippen LogP contribution >= 0.6 is 0 Å². The predicted octanol–water partition coefficient (Wildman–Crippen LogP) is 1.41. The van der Waals surface area contributed by atoms with Crippen molar-refractivity contribution < 1.29 is 19.5 Å². The maximum absolute atomic E-state index is 12.2. The topological polar surface area (TPSA) is 122 Å². The fourth-order valence-electron chi connectivity index (χ4n) is 2.16. The summed E-state index contributed by atoms with van der Waals surface area (Å²) in [4.78, 5) is 34.5. The first-order chi connectivity index (χ1) is 11.5. The number of carbonyl (C=O) groups excluding carboxylic acids is 2. The molecule has 2 aromatic rings. The van der Waals surface area contributed by atoms with Crippen LogP contribution in [0.3, 0.4) is 0 Å². The number of urea groups is 1. The molecule has 3 amide bonds. The Labute approximate surface area is 138 Å². The van der Waals surface area contributed by atoms with Gasteiger partial charge in [0.05, 0.1) is 0 Å². The molecular weight excluding hydrogens is 310 g/mol. The number of carboxylic acid groups (broad SMARTS) is 1. The second-order valence-electron chi connectivity index (χ2n) is 5.07. The molecule has 0 heterocycles. The van der Waals surface area contributed by atoms with Gasteiger partial charge in [0, 0.05) is 12.1 Å². The molecule has 2 aromatic carbocycles. The van der Waals surface area contributed by atoms with Gasteiger partial charge in [-0.2, -0.15) is 0 Å². The molecule has 0 aliphatic heterocycles. The van der Waals surface area contributed by atoms with Gasteiger partial charge in [0.1, 0.15) is 0 Å². The number of rotatable bonds is 6. The molecule has 0 radical (unpaired) electrons. The average molecular weight is 327 g/mol. The first-order valence-electron chi connectivity index (χ1n) is 7.18. The van der Waals surface area contributed by atoms with Crippen LogP contribution < -0.4 is 16.4 Å². The summed E-state index contributed by atoms with van der Waals surface area (Å²) in [5, 5.41) is 14.3. The van der Waals surface area contributed by atoms with E-state index in [1.54, 1.807) is 54.6 Å². The summed E-state index contributed by atoms with van der Waals surface area (Å²) >= 11 is 0. The Bertz CT molecular complexity index is 747. The van der Waals surface area contributed by atoms with Gasteiger partial charge in [0.2, 0.25) is 0 Å². The lowest BCUT2D eigenvalue weighted by Gasteiger charge is -2.16. The molecule has 0 saturated carbocycles. The van der Waals surface area contributed by atoms with Crippen LogP contribution in [0.2, 0.25) is 0 Å². The first-order valence-corrected chi connectivity index (χ1v) is 7.18. The molecule has 0 bridgehead atoms. The Morgan fingerprint density at radius 2 is 1.75 bits per heavy atom. The molecule has 7 heteroatoms. The highest BCUT2D eigenvalue weighted by Gasteiger charge is 2.22. The smallest absolute Gasteiger partial charge is 0.330 e. The van der Waals surface area contributed by atoms with Gasteiger partial charge < -0.3 is 21.5 Å². The molecule has 1 unspecified atom stereocenters. The molecule has 0 aliphatic rings. The Kier molecular flexibility index (Phi) is 5.51. The average Bonchev–Trinajstić information content (AvgIpc) is 2.58. The van der Waals surface area contributed by atoms with Crippen molar-refractivity contribution in [2.24, 2.45) is 5.73 Å². The van der Waals surface area contributed by atoms with Crippen molar-refractivity contribution in [1.29, 1.82) is 0 Å². The summed E-state index contributed by atoms with van der Waals surface area (Å²) < 4.78 is 0. The van der Waals surface area contributed by atoms with Crippen LogP contribution in [0.1, 0.15) is 27.5 Å². The molecule has 0 spiro atoms. The van der Waals surface area contributed by atoms with E-state index in [0.29, 0.717) is 16.7 Å². The molecule has 0 aliphatic carbocycles. The summed E-state index contributed by atoms with van der Waals surface area (Å²) in [6.07, 6.45) is 0. The van der Waals surface area contributed by atoms with E-state index in [4.69, 9.17) is 5.73 Å². The van der Waals surface area contributed by atoms with Crippen molar-refractivity contribution in [2.75, 3.05) is 0 Å². The molecular formula is C17H17N3O4. The lowest BCUT2D eigenvalue weighted by Crippen LogP contribution is -2.34. The number of nitrogens with one attached hydrogen (secondary N) is 2. The van der Waals surface area contributed by atoms with Crippen LogP contribution in [0.5, 0.6) is 0 Å². The van der Waals surface area contributed by atoms with E-state index in [1.165, 1.54) is 0 Å². The maximum atomic E-state index is 12.2. The minimum atomic E-state index is -1.20. The van der Waals surface area contributed by atoms with Gasteiger partial charge in [0.15, 0.2) is 6.04 Å². The number of carbonyl (C=O) groups is 3. The molecule has 24 heavy (non-hydrogen) atoms. The SMILES string of the molecule is NC(=O)NCc1cccc(C(NC(=O)c2ccccc2)C(=O)O)c1.